The zero-order valence-electron chi connectivity index (χ0n) is 16.0. The fourth-order valence-electron chi connectivity index (χ4n) is 4.70. The minimum absolute atomic E-state index is 0.0348. The van der Waals surface area contributed by atoms with E-state index in [0.717, 1.165) is 37.3 Å². The molecule has 0 aliphatic carbocycles. The van der Waals surface area contributed by atoms with Crippen LogP contribution in [0.4, 0.5) is 5.69 Å². The van der Waals surface area contributed by atoms with Gasteiger partial charge in [-0.3, -0.25) is 4.79 Å². The monoisotopic (exact) mass is 376 g/mol. The largest absolute Gasteiger partial charge is 0.459 e. The van der Waals surface area contributed by atoms with Gasteiger partial charge in [-0.15, -0.1) is 0 Å². The molecule has 3 aromatic rings. The summed E-state index contributed by atoms with van der Waals surface area (Å²) in [6.07, 6.45) is 8.60. The molecular formula is C22H24N4O2. The van der Waals surface area contributed by atoms with Crippen molar-refractivity contribution in [1.29, 1.82) is 0 Å². The molecule has 1 amide bonds. The van der Waals surface area contributed by atoms with Crippen molar-refractivity contribution in [3.05, 3.63) is 66.5 Å². The van der Waals surface area contributed by atoms with Crippen molar-refractivity contribution >= 4 is 11.6 Å². The van der Waals surface area contributed by atoms with Crippen LogP contribution in [0.25, 0.3) is 5.82 Å². The van der Waals surface area contributed by atoms with Crippen LogP contribution in [0.5, 0.6) is 0 Å². The summed E-state index contributed by atoms with van der Waals surface area (Å²) < 4.78 is 7.56. The summed E-state index contributed by atoms with van der Waals surface area (Å²) in [5.74, 6) is 1.35. The molecule has 6 nitrogen and oxygen atoms in total. The lowest BCUT2D eigenvalue weighted by Crippen LogP contribution is -2.53. The van der Waals surface area contributed by atoms with Crippen LogP contribution in [0.1, 0.15) is 42.4 Å². The van der Waals surface area contributed by atoms with Crippen molar-refractivity contribution in [1.82, 2.24) is 14.5 Å². The second kappa shape index (κ2) is 6.55. The number of amides is 1. The summed E-state index contributed by atoms with van der Waals surface area (Å²) >= 11 is 0. The standard InChI is InChI=1S/C22H24N4O2/c1-2-3-13-26-17-7-4-11-23-20(17)25-12-5-9-19(25)22(26)10-14-24(16-22)21(27)18-8-6-15-28-18/h4-9,11-12,15H,2-3,10,13-14,16H2,1H3/t22-/m0/s1. The SMILES string of the molecule is CCCCN1c2cccnc2-n2cccc2[C@@]12CCN(C(=O)c1ccco1)C2. The van der Waals surface area contributed by atoms with Gasteiger partial charge in [0, 0.05) is 25.5 Å². The number of pyridine rings is 1. The van der Waals surface area contributed by atoms with Gasteiger partial charge < -0.3 is 18.8 Å². The molecule has 3 aromatic heterocycles. The molecule has 0 saturated carbocycles. The van der Waals surface area contributed by atoms with E-state index < -0.39 is 0 Å². The summed E-state index contributed by atoms with van der Waals surface area (Å²) in [7, 11) is 0. The molecule has 144 valence electrons. The first kappa shape index (κ1) is 17.1. The van der Waals surface area contributed by atoms with Crippen molar-refractivity contribution < 1.29 is 9.21 Å². The summed E-state index contributed by atoms with van der Waals surface area (Å²) in [6, 6.07) is 11.9. The number of furan rings is 1. The first-order chi connectivity index (χ1) is 13.7. The number of nitrogens with zero attached hydrogens (tertiary/aromatic N) is 4. The summed E-state index contributed by atoms with van der Waals surface area (Å²) in [4.78, 5) is 22.0. The second-order valence-corrected chi connectivity index (χ2v) is 7.60. The van der Waals surface area contributed by atoms with Crippen LogP contribution in [0, 0.1) is 0 Å². The average molecular weight is 376 g/mol. The molecular weight excluding hydrogens is 352 g/mol. The highest BCUT2D eigenvalue weighted by atomic mass is 16.3. The lowest BCUT2D eigenvalue weighted by atomic mass is 9.88. The number of carbonyl (C=O) groups excluding carboxylic acids is 1. The van der Waals surface area contributed by atoms with Crippen molar-refractivity contribution in [2.24, 2.45) is 0 Å². The van der Waals surface area contributed by atoms with E-state index in [9.17, 15) is 4.79 Å². The lowest BCUT2D eigenvalue weighted by molar-refractivity contribution is 0.0750. The van der Waals surface area contributed by atoms with E-state index in [2.05, 4.69) is 45.8 Å². The minimum Gasteiger partial charge on any atom is -0.459 e. The Bertz CT molecular complexity index is 994. The maximum Gasteiger partial charge on any atom is 0.289 e. The zero-order valence-corrected chi connectivity index (χ0v) is 16.0. The van der Waals surface area contributed by atoms with E-state index in [1.54, 1.807) is 18.4 Å². The topological polar surface area (TPSA) is 54.5 Å². The summed E-state index contributed by atoms with van der Waals surface area (Å²) in [5.41, 5.74) is 2.12. The summed E-state index contributed by atoms with van der Waals surface area (Å²) in [6.45, 7) is 4.52. The lowest BCUT2D eigenvalue weighted by Gasteiger charge is -2.47. The Hall–Kier alpha value is -3.02. The first-order valence-electron chi connectivity index (χ1n) is 9.98. The molecule has 1 atom stereocenters. The maximum absolute atomic E-state index is 12.9. The molecule has 2 aliphatic rings. The van der Waals surface area contributed by atoms with Gasteiger partial charge in [-0.2, -0.15) is 0 Å². The van der Waals surface area contributed by atoms with Crippen LogP contribution in [0.2, 0.25) is 0 Å². The van der Waals surface area contributed by atoms with Gasteiger partial charge in [0.2, 0.25) is 0 Å². The number of fused-ring (bicyclic) bond motifs is 4. The van der Waals surface area contributed by atoms with Crippen molar-refractivity contribution in [2.45, 2.75) is 31.7 Å². The minimum atomic E-state index is -0.239. The number of unbranched alkanes of at least 4 members (excludes halogenated alkanes) is 1. The molecule has 5 heterocycles. The van der Waals surface area contributed by atoms with Gasteiger partial charge in [-0.05, 0) is 49.2 Å². The van der Waals surface area contributed by atoms with Gasteiger partial charge in [-0.1, -0.05) is 13.3 Å². The number of hydrogen-bond acceptors (Lipinski definition) is 4. The number of aromatic nitrogens is 2. The van der Waals surface area contributed by atoms with Crippen LogP contribution in [0.15, 0.2) is 59.5 Å². The molecule has 28 heavy (non-hydrogen) atoms. The Morgan fingerprint density at radius 2 is 2.18 bits per heavy atom. The Balaban J connectivity index is 1.58. The zero-order chi connectivity index (χ0) is 19.1. The third kappa shape index (κ3) is 2.40. The van der Waals surface area contributed by atoms with E-state index in [1.807, 2.05) is 17.2 Å². The highest BCUT2D eigenvalue weighted by Crippen LogP contribution is 2.47. The highest BCUT2D eigenvalue weighted by molar-refractivity contribution is 5.92. The first-order valence-corrected chi connectivity index (χ1v) is 9.98. The van der Waals surface area contributed by atoms with E-state index in [4.69, 9.17) is 4.42 Å². The number of carbonyl (C=O) groups is 1. The van der Waals surface area contributed by atoms with Gasteiger partial charge in [0.1, 0.15) is 5.54 Å². The quantitative estimate of drug-likeness (QED) is 0.694. The van der Waals surface area contributed by atoms with Gasteiger partial charge >= 0.3 is 0 Å². The predicted molar refractivity (Wildman–Crippen MR) is 107 cm³/mol. The van der Waals surface area contributed by atoms with Crippen LogP contribution in [0.3, 0.4) is 0 Å². The van der Waals surface area contributed by atoms with Gasteiger partial charge in [0.05, 0.1) is 24.2 Å². The van der Waals surface area contributed by atoms with E-state index in [-0.39, 0.29) is 11.4 Å². The van der Waals surface area contributed by atoms with E-state index in [1.165, 1.54) is 5.69 Å². The number of likely N-dealkylation sites (tertiary alicyclic amines) is 1. The molecule has 5 rings (SSSR count). The summed E-state index contributed by atoms with van der Waals surface area (Å²) in [5, 5.41) is 0. The average Bonchev–Trinajstić information content (AvgIpc) is 3.48. The third-order valence-corrected chi connectivity index (χ3v) is 6.03. The molecule has 0 radical (unpaired) electrons. The predicted octanol–water partition coefficient (Wildman–Crippen LogP) is 3.83. The highest BCUT2D eigenvalue weighted by Gasteiger charge is 2.50. The van der Waals surface area contributed by atoms with Crippen LogP contribution >= 0.6 is 0 Å². The Labute approximate surface area is 164 Å². The van der Waals surface area contributed by atoms with E-state index in [0.29, 0.717) is 18.8 Å². The van der Waals surface area contributed by atoms with Crippen LogP contribution < -0.4 is 4.90 Å². The molecule has 0 N–H and O–H groups in total. The van der Waals surface area contributed by atoms with Crippen LogP contribution in [-0.4, -0.2) is 40.0 Å². The molecule has 0 aromatic carbocycles. The molecule has 0 bridgehead atoms. The molecule has 1 fully saturated rings. The van der Waals surface area contributed by atoms with Crippen LogP contribution in [-0.2, 0) is 5.54 Å². The van der Waals surface area contributed by atoms with Crippen molar-refractivity contribution in [2.75, 3.05) is 24.5 Å². The number of anilines is 1. The van der Waals surface area contributed by atoms with Gasteiger partial charge in [0.15, 0.2) is 11.6 Å². The molecule has 1 spiro atoms. The molecule has 0 unspecified atom stereocenters. The third-order valence-electron chi connectivity index (χ3n) is 6.03. The fourth-order valence-corrected chi connectivity index (χ4v) is 4.70. The number of rotatable bonds is 4. The van der Waals surface area contributed by atoms with E-state index >= 15 is 0 Å². The maximum atomic E-state index is 12.9. The molecule has 1 saturated heterocycles. The smallest absolute Gasteiger partial charge is 0.289 e. The second-order valence-electron chi connectivity index (χ2n) is 7.60. The van der Waals surface area contributed by atoms with Gasteiger partial charge in [0.25, 0.3) is 5.91 Å². The molecule has 2 aliphatic heterocycles. The fraction of sp³-hybridized carbons (Fsp3) is 0.364. The number of hydrogen-bond donors (Lipinski definition) is 0. The van der Waals surface area contributed by atoms with Crippen molar-refractivity contribution in [3.8, 4) is 5.82 Å². The molecule has 6 heteroatoms. The Kier molecular flexibility index (Phi) is 4.00. The van der Waals surface area contributed by atoms with Gasteiger partial charge in [-0.25, -0.2) is 4.98 Å². The Morgan fingerprint density at radius 1 is 1.25 bits per heavy atom. The normalized spacial score (nSPS) is 20.5. The van der Waals surface area contributed by atoms with Crippen molar-refractivity contribution in [3.63, 3.8) is 0 Å². The Morgan fingerprint density at radius 3 is 3.00 bits per heavy atom.